The highest BCUT2D eigenvalue weighted by Crippen LogP contribution is 2.16. The second-order valence-corrected chi connectivity index (χ2v) is 5.26. The number of alkyl halides is 1. The standard InChI is InChI=1S/C10H18BrNO2/c1-8(11)10(13)12(2)7-9-3-5-14-6-4-9/h8-9H,3-7H2,1-2H3. The number of amides is 1. The minimum atomic E-state index is -0.0765. The Morgan fingerprint density at radius 3 is 2.64 bits per heavy atom. The van der Waals surface area contributed by atoms with Gasteiger partial charge in [0.05, 0.1) is 4.83 Å². The van der Waals surface area contributed by atoms with E-state index in [1.807, 2.05) is 18.9 Å². The number of ether oxygens (including phenoxy) is 1. The molecule has 0 aromatic heterocycles. The summed E-state index contributed by atoms with van der Waals surface area (Å²) in [7, 11) is 1.87. The van der Waals surface area contributed by atoms with Gasteiger partial charge in [0.1, 0.15) is 0 Å². The molecular weight excluding hydrogens is 246 g/mol. The molecule has 1 fully saturated rings. The maximum atomic E-state index is 11.6. The maximum Gasteiger partial charge on any atom is 0.235 e. The molecule has 0 aromatic rings. The first-order valence-electron chi connectivity index (χ1n) is 5.08. The van der Waals surface area contributed by atoms with Crippen molar-refractivity contribution in [2.75, 3.05) is 26.8 Å². The van der Waals surface area contributed by atoms with Crippen LogP contribution in [0, 0.1) is 5.92 Å². The van der Waals surface area contributed by atoms with Crippen LogP contribution in [0.3, 0.4) is 0 Å². The summed E-state index contributed by atoms with van der Waals surface area (Å²) in [5, 5.41) is 0. The van der Waals surface area contributed by atoms with Gasteiger partial charge in [0.2, 0.25) is 5.91 Å². The van der Waals surface area contributed by atoms with Crippen molar-refractivity contribution in [2.45, 2.75) is 24.6 Å². The summed E-state index contributed by atoms with van der Waals surface area (Å²) in [6, 6.07) is 0. The molecular formula is C10H18BrNO2. The average molecular weight is 264 g/mol. The van der Waals surface area contributed by atoms with E-state index in [0.717, 1.165) is 32.6 Å². The molecule has 1 aliphatic rings. The molecule has 0 spiro atoms. The van der Waals surface area contributed by atoms with E-state index in [4.69, 9.17) is 4.74 Å². The number of halogens is 1. The van der Waals surface area contributed by atoms with Crippen molar-refractivity contribution in [3.05, 3.63) is 0 Å². The second-order valence-electron chi connectivity index (χ2n) is 3.89. The Hall–Kier alpha value is -0.0900. The third-order valence-electron chi connectivity index (χ3n) is 2.59. The number of hydrogen-bond donors (Lipinski definition) is 0. The summed E-state index contributed by atoms with van der Waals surface area (Å²) >= 11 is 3.29. The molecule has 0 aliphatic carbocycles. The number of carbonyl (C=O) groups is 1. The Labute approximate surface area is 93.9 Å². The van der Waals surface area contributed by atoms with Gasteiger partial charge in [-0.2, -0.15) is 0 Å². The molecule has 0 bridgehead atoms. The van der Waals surface area contributed by atoms with Crippen LogP contribution in [0.5, 0.6) is 0 Å². The molecule has 82 valence electrons. The third-order valence-corrected chi connectivity index (χ3v) is 2.98. The molecule has 1 aliphatic heterocycles. The van der Waals surface area contributed by atoms with E-state index in [0.29, 0.717) is 5.92 Å². The van der Waals surface area contributed by atoms with Crippen molar-refractivity contribution >= 4 is 21.8 Å². The number of carbonyl (C=O) groups excluding carboxylic acids is 1. The molecule has 1 atom stereocenters. The van der Waals surface area contributed by atoms with Gasteiger partial charge < -0.3 is 9.64 Å². The fourth-order valence-electron chi connectivity index (χ4n) is 1.71. The van der Waals surface area contributed by atoms with Crippen LogP contribution in [0.2, 0.25) is 0 Å². The molecule has 0 N–H and O–H groups in total. The summed E-state index contributed by atoms with van der Waals surface area (Å²) in [5.41, 5.74) is 0. The fraction of sp³-hybridized carbons (Fsp3) is 0.900. The van der Waals surface area contributed by atoms with E-state index in [-0.39, 0.29) is 10.7 Å². The Kier molecular flexibility index (Phi) is 4.89. The van der Waals surface area contributed by atoms with E-state index in [1.54, 1.807) is 0 Å². The minimum Gasteiger partial charge on any atom is -0.381 e. The predicted octanol–water partition coefficient (Wildman–Crippen LogP) is 1.65. The smallest absolute Gasteiger partial charge is 0.235 e. The van der Waals surface area contributed by atoms with Crippen LogP contribution in [0.4, 0.5) is 0 Å². The number of nitrogens with zero attached hydrogens (tertiary/aromatic N) is 1. The van der Waals surface area contributed by atoms with Gasteiger partial charge in [0, 0.05) is 26.8 Å². The third kappa shape index (κ3) is 3.58. The lowest BCUT2D eigenvalue weighted by Gasteiger charge is -2.27. The number of rotatable bonds is 3. The van der Waals surface area contributed by atoms with Gasteiger partial charge in [0.25, 0.3) is 0 Å². The molecule has 4 heteroatoms. The summed E-state index contributed by atoms with van der Waals surface area (Å²) in [4.78, 5) is 13.3. The van der Waals surface area contributed by atoms with Crippen LogP contribution in [-0.2, 0) is 9.53 Å². The summed E-state index contributed by atoms with van der Waals surface area (Å²) in [6.45, 7) is 4.41. The first-order chi connectivity index (χ1) is 6.61. The normalized spacial score (nSPS) is 20.5. The van der Waals surface area contributed by atoms with Crippen LogP contribution in [-0.4, -0.2) is 42.4 Å². The Morgan fingerprint density at radius 1 is 1.57 bits per heavy atom. The van der Waals surface area contributed by atoms with E-state index in [1.165, 1.54) is 0 Å². The lowest BCUT2D eigenvalue weighted by molar-refractivity contribution is -0.129. The van der Waals surface area contributed by atoms with E-state index < -0.39 is 0 Å². The highest BCUT2D eigenvalue weighted by molar-refractivity contribution is 9.10. The second kappa shape index (κ2) is 5.71. The van der Waals surface area contributed by atoms with Gasteiger partial charge in [-0.15, -0.1) is 0 Å². The highest BCUT2D eigenvalue weighted by Gasteiger charge is 2.20. The largest absolute Gasteiger partial charge is 0.381 e. The van der Waals surface area contributed by atoms with Crippen molar-refractivity contribution in [1.82, 2.24) is 4.90 Å². The van der Waals surface area contributed by atoms with Crippen LogP contribution in [0.25, 0.3) is 0 Å². The Balaban J connectivity index is 2.31. The van der Waals surface area contributed by atoms with Crippen molar-refractivity contribution in [1.29, 1.82) is 0 Å². The molecule has 1 saturated heterocycles. The Morgan fingerprint density at radius 2 is 2.14 bits per heavy atom. The average Bonchev–Trinajstić information content (AvgIpc) is 2.18. The summed E-state index contributed by atoms with van der Waals surface area (Å²) < 4.78 is 5.28. The Bertz CT molecular complexity index is 191. The molecule has 0 radical (unpaired) electrons. The molecule has 1 amide bonds. The molecule has 1 rings (SSSR count). The van der Waals surface area contributed by atoms with Crippen molar-refractivity contribution in [3.63, 3.8) is 0 Å². The van der Waals surface area contributed by atoms with Crippen molar-refractivity contribution in [2.24, 2.45) is 5.92 Å². The molecule has 14 heavy (non-hydrogen) atoms. The molecule has 1 heterocycles. The zero-order valence-electron chi connectivity index (χ0n) is 8.83. The number of hydrogen-bond acceptors (Lipinski definition) is 2. The predicted molar refractivity (Wildman–Crippen MR) is 59.6 cm³/mol. The highest BCUT2D eigenvalue weighted by atomic mass is 79.9. The zero-order chi connectivity index (χ0) is 10.6. The van der Waals surface area contributed by atoms with Gasteiger partial charge in [-0.1, -0.05) is 15.9 Å². The molecule has 3 nitrogen and oxygen atoms in total. The maximum absolute atomic E-state index is 11.6. The van der Waals surface area contributed by atoms with Gasteiger partial charge in [0.15, 0.2) is 0 Å². The lowest BCUT2D eigenvalue weighted by atomic mass is 10.00. The minimum absolute atomic E-state index is 0.0765. The van der Waals surface area contributed by atoms with Gasteiger partial charge in [-0.25, -0.2) is 0 Å². The SMILES string of the molecule is CC(Br)C(=O)N(C)CC1CCOCC1. The first-order valence-corrected chi connectivity index (χ1v) is 5.99. The molecule has 0 aromatic carbocycles. The van der Waals surface area contributed by atoms with Crippen LogP contribution in [0.1, 0.15) is 19.8 Å². The fourth-order valence-corrected chi connectivity index (χ4v) is 2.06. The van der Waals surface area contributed by atoms with E-state index in [2.05, 4.69) is 15.9 Å². The van der Waals surface area contributed by atoms with Gasteiger partial charge >= 0.3 is 0 Å². The topological polar surface area (TPSA) is 29.5 Å². The summed E-state index contributed by atoms with van der Waals surface area (Å²) in [6.07, 6.45) is 2.16. The van der Waals surface area contributed by atoms with Crippen LogP contribution < -0.4 is 0 Å². The molecule has 0 saturated carbocycles. The first kappa shape index (κ1) is 12.0. The van der Waals surface area contributed by atoms with Crippen molar-refractivity contribution < 1.29 is 9.53 Å². The van der Waals surface area contributed by atoms with E-state index >= 15 is 0 Å². The van der Waals surface area contributed by atoms with Gasteiger partial charge in [-0.05, 0) is 25.7 Å². The monoisotopic (exact) mass is 263 g/mol. The quantitative estimate of drug-likeness (QED) is 0.725. The van der Waals surface area contributed by atoms with Crippen LogP contribution in [0.15, 0.2) is 0 Å². The van der Waals surface area contributed by atoms with E-state index in [9.17, 15) is 4.79 Å². The van der Waals surface area contributed by atoms with Crippen LogP contribution >= 0.6 is 15.9 Å². The zero-order valence-corrected chi connectivity index (χ0v) is 10.4. The lowest BCUT2D eigenvalue weighted by Crippen LogP contribution is -2.37. The molecule has 1 unspecified atom stereocenters. The van der Waals surface area contributed by atoms with Crippen molar-refractivity contribution in [3.8, 4) is 0 Å². The summed E-state index contributed by atoms with van der Waals surface area (Å²) in [5.74, 6) is 0.778. The van der Waals surface area contributed by atoms with Gasteiger partial charge in [-0.3, -0.25) is 4.79 Å².